The number of aliphatic hydroxyl groups is 1. The van der Waals surface area contributed by atoms with Crippen LogP contribution in [0, 0.1) is 0 Å². The first-order valence-corrected chi connectivity index (χ1v) is 6.45. The first-order chi connectivity index (χ1) is 9.20. The Bertz CT molecular complexity index is 404. The molecule has 2 unspecified atom stereocenters. The van der Waals surface area contributed by atoms with Crippen molar-refractivity contribution in [3.63, 3.8) is 0 Å². The first-order valence-electron chi connectivity index (χ1n) is 6.45. The van der Waals surface area contributed by atoms with Crippen molar-refractivity contribution in [2.45, 2.75) is 45.2 Å². The van der Waals surface area contributed by atoms with Crippen molar-refractivity contribution in [3.8, 4) is 5.75 Å². The molecule has 3 nitrogen and oxygen atoms in total. The van der Waals surface area contributed by atoms with Gasteiger partial charge in [-0.2, -0.15) is 13.2 Å². The van der Waals surface area contributed by atoms with Gasteiger partial charge in [0.15, 0.2) is 6.10 Å². The smallest absolute Gasteiger partial charge is 0.415 e. The van der Waals surface area contributed by atoms with Gasteiger partial charge in [-0.25, -0.2) is 0 Å². The van der Waals surface area contributed by atoms with Crippen LogP contribution in [-0.4, -0.2) is 30.0 Å². The van der Waals surface area contributed by atoms with Crippen molar-refractivity contribution in [3.05, 3.63) is 29.8 Å². The molecule has 0 bridgehead atoms. The fraction of sp³-hybridized carbons (Fsp3) is 0.571. The molecule has 0 amide bonds. The summed E-state index contributed by atoms with van der Waals surface area (Å²) in [4.78, 5) is 0. The van der Waals surface area contributed by atoms with E-state index in [-0.39, 0.29) is 12.1 Å². The summed E-state index contributed by atoms with van der Waals surface area (Å²) >= 11 is 0. The number of hydrogen-bond donors (Lipinski definition) is 2. The number of halogens is 3. The third kappa shape index (κ3) is 5.38. The Morgan fingerprint density at radius 3 is 2.15 bits per heavy atom. The molecule has 0 aliphatic heterocycles. The Balaban J connectivity index is 2.53. The van der Waals surface area contributed by atoms with E-state index in [0.29, 0.717) is 5.75 Å². The lowest BCUT2D eigenvalue weighted by atomic mass is 10.1. The molecule has 1 aromatic carbocycles. The molecule has 0 radical (unpaired) electrons. The fourth-order valence-electron chi connectivity index (χ4n) is 1.63. The monoisotopic (exact) mass is 291 g/mol. The minimum absolute atomic E-state index is 0.0679. The topological polar surface area (TPSA) is 41.5 Å². The molecule has 0 aliphatic rings. The Morgan fingerprint density at radius 2 is 1.70 bits per heavy atom. The number of rotatable bonds is 6. The third-order valence-corrected chi connectivity index (χ3v) is 2.75. The number of nitrogens with one attached hydrogen (secondary N) is 1. The summed E-state index contributed by atoms with van der Waals surface area (Å²) in [6.07, 6.45) is -6.88. The van der Waals surface area contributed by atoms with Crippen molar-refractivity contribution in [2.24, 2.45) is 0 Å². The number of aliphatic hydroxyl groups excluding tert-OH is 1. The van der Waals surface area contributed by atoms with Gasteiger partial charge in [0.05, 0.1) is 6.10 Å². The second-order valence-electron chi connectivity index (χ2n) is 4.92. The lowest BCUT2D eigenvalue weighted by Crippen LogP contribution is -2.39. The van der Waals surface area contributed by atoms with Gasteiger partial charge in [-0.15, -0.1) is 0 Å². The molecular formula is C14H20F3NO2. The molecule has 2 N–H and O–H groups in total. The maximum Gasteiger partial charge on any atom is 0.415 e. The quantitative estimate of drug-likeness (QED) is 0.846. The average Bonchev–Trinajstić information content (AvgIpc) is 2.34. The van der Waals surface area contributed by atoms with Crippen LogP contribution in [0.25, 0.3) is 0 Å². The van der Waals surface area contributed by atoms with E-state index < -0.39 is 18.8 Å². The molecule has 1 rings (SSSR count). The van der Waals surface area contributed by atoms with E-state index in [1.807, 2.05) is 13.8 Å². The maximum absolute atomic E-state index is 12.2. The number of ether oxygens (including phenoxy) is 1. The van der Waals surface area contributed by atoms with Crippen molar-refractivity contribution in [2.75, 3.05) is 6.54 Å². The van der Waals surface area contributed by atoms with Crippen molar-refractivity contribution in [1.29, 1.82) is 0 Å². The summed E-state index contributed by atoms with van der Waals surface area (Å²) in [6.45, 7) is 5.03. The second kappa shape index (κ2) is 6.95. The highest BCUT2D eigenvalue weighted by atomic mass is 19.4. The van der Waals surface area contributed by atoms with Gasteiger partial charge in [0, 0.05) is 12.6 Å². The molecule has 0 aromatic heterocycles. The molecular weight excluding hydrogens is 271 g/mol. The number of alkyl halides is 3. The largest absolute Gasteiger partial charge is 0.491 e. The highest BCUT2D eigenvalue weighted by Crippen LogP contribution is 2.21. The summed E-state index contributed by atoms with van der Waals surface area (Å²) in [5.74, 6) is 0.714. The molecule has 0 saturated carbocycles. The maximum atomic E-state index is 12.2. The first kappa shape index (κ1) is 16.8. The van der Waals surface area contributed by atoms with Crippen molar-refractivity contribution >= 4 is 0 Å². The van der Waals surface area contributed by atoms with Gasteiger partial charge in [-0.3, -0.25) is 0 Å². The van der Waals surface area contributed by atoms with Crippen LogP contribution in [0.15, 0.2) is 24.3 Å². The molecule has 2 atom stereocenters. The Hall–Kier alpha value is -1.27. The molecule has 0 aliphatic carbocycles. The lowest BCUT2D eigenvalue weighted by molar-refractivity contribution is -0.202. The zero-order valence-electron chi connectivity index (χ0n) is 11.7. The summed E-state index contributed by atoms with van der Waals surface area (Å²) < 4.78 is 42.0. The van der Waals surface area contributed by atoms with E-state index >= 15 is 0 Å². The Kier molecular flexibility index (Phi) is 5.83. The van der Waals surface area contributed by atoms with Crippen LogP contribution in [0.3, 0.4) is 0 Å². The van der Waals surface area contributed by atoms with E-state index in [9.17, 15) is 13.2 Å². The van der Waals surface area contributed by atoms with Gasteiger partial charge in [0.2, 0.25) is 0 Å². The van der Waals surface area contributed by atoms with Crippen LogP contribution in [-0.2, 0) is 0 Å². The Morgan fingerprint density at radius 1 is 1.15 bits per heavy atom. The summed E-state index contributed by atoms with van der Waals surface area (Å²) in [5, 5.41) is 11.6. The predicted molar refractivity (Wildman–Crippen MR) is 70.7 cm³/mol. The van der Waals surface area contributed by atoms with E-state index in [2.05, 4.69) is 5.32 Å². The molecule has 0 saturated heterocycles. The molecule has 0 spiro atoms. The van der Waals surface area contributed by atoms with Gasteiger partial charge in [-0.1, -0.05) is 12.1 Å². The van der Waals surface area contributed by atoms with Gasteiger partial charge < -0.3 is 15.2 Å². The minimum atomic E-state index is -4.60. The van der Waals surface area contributed by atoms with Crippen LogP contribution in [0.2, 0.25) is 0 Å². The second-order valence-corrected chi connectivity index (χ2v) is 4.92. The van der Waals surface area contributed by atoms with E-state index in [1.54, 1.807) is 31.2 Å². The highest BCUT2D eigenvalue weighted by molar-refractivity contribution is 5.29. The molecule has 114 valence electrons. The molecule has 6 heteroatoms. The standard InChI is InChI=1S/C14H20F3NO2/c1-9(2)20-12-6-4-11(5-7-12)10(3)18-8-13(19)14(15,16)17/h4-7,9-10,13,18-19H,8H2,1-3H3. The predicted octanol–water partition coefficient (Wildman–Crippen LogP) is 3.05. The lowest BCUT2D eigenvalue weighted by Gasteiger charge is -2.19. The van der Waals surface area contributed by atoms with Crippen LogP contribution in [0.4, 0.5) is 13.2 Å². The van der Waals surface area contributed by atoms with Gasteiger partial charge in [-0.05, 0) is 38.5 Å². The number of benzene rings is 1. The SMILES string of the molecule is CC(C)Oc1ccc(C(C)NCC(O)C(F)(F)F)cc1. The zero-order valence-corrected chi connectivity index (χ0v) is 11.7. The van der Waals surface area contributed by atoms with E-state index in [4.69, 9.17) is 9.84 Å². The average molecular weight is 291 g/mol. The third-order valence-electron chi connectivity index (χ3n) is 2.75. The minimum Gasteiger partial charge on any atom is -0.491 e. The van der Waals surface area contributed by atoms with Crippen LogP contribution in [0.5, 0.6) is 5.75 Å². The highest BCUT2D eigenvalue weighted by Gasteiger charge is 2.37. The van der Waals surface area contributed by atoms with Crippen molar-refractivity contribution in [1.82, 2.24) is 5.32 Å². The van der Waals surface area contributed by atoms with Gasteiger partial charge in [0.1, 0.15) is 5.75 Å². The zero-order chi connectivity index (χ0) is 15.3. The number of hydrogen-bond acceptors (Lipinski definition) is 3. The summed E-state index contributed by atoms with van der Waals surface area (Å²) in [5.41, 5.74) is 0.829. The van der Waals surface area contributed by atoms with Gasteiger partial charge in [0.25, 0.3) is 0 Å². The van der Waals surface area contributed by atoms with E-state index in [0.717, 1.165) is 5.56 Å². The molecule has 0 heterocycles. The van der Waals surface area contributed by atoms with Crippen LogP contribution >= 0.6 is 0 Å². The summed E-state index contributed by atoms with van der Waals surface area (Å²) in [7, 11) is 0. The molecule has 0 fully saturated rings. The fourth-order valence-corrected chi connectivity index (χ4v) is 1.63. The summed E-state index contributed by atoms with van der Waals surface area (Å²) in [6, 6.07) is 6.83. The normalized spacial score (nSPS) is 15.2. The molecule has 20 heavy (non-hydrogen) atoms. The molecule has 1 aromatic rings. The van der Waals surface area contributed by atoms with Crippen LogP contribution < -0.4 is 10.1 Å². The Labute approximate surface area is 116 Å². The van der Waals surface area contributed by atoms with Crippen LogP contribution in [0.1, 0.15) is 32.4 Å². The van der Waals surface area contributed by atoms with Gasteiger partial charge >= 0.3 is 6.18 Å². The van der Waals surface area contributed by atoms with Crippen molar-refractivity contribution < 1.29 is 23.0 Å². The van der Waals surface area contributed by atoms with E-state index in [1.165, 1.54) is 0 Å².